The molecular weight excluding hydrogens is 304 g/mol. The predicted octanol–water partition coefficient (Wildman–Crippen LogP) is 4.40. The number of unbranched alkanes of at least 4 members (excludes halogenated alkanes) is 3. The Labute approximate surface area is 145 Å². The van der Waals surface area contributed by atoms with Gasteiger partial charge in [0.05, 0.1) is 6.10 Å². The van der Waals surface area contributed by atoms with Crippen molar-refractivity contribution >= 4 is 5.97 Å². The van der Waals surface area contributed by atoms with Crippen molar-refractivity contribution in [2.45, 2.75) is 83.0 Å². The summed E-state index contributed by atoms with van der Waals surface area (Å²) in [6.07, 6.45) is 19.9. The van der Waals surface area contributed by atoms with E-state index in [0.717, 1.165) is 25.7 Å². The molecule has 0 aromatic heterocycles. The average molecular weight is 336 g/mol. The van der Waals surface area contributed by atoms with E-state index < -0.39 is 12.1 Å². The number of epoxide rings is 1. The Hall–Kier alpha value is -1.39. The van der Waals surface area contributed by atoms with Crippen LogP contribution in [0.2, 0.25) is 0 Å². The van der Waals surface area contributed by atoms with Crippen LogP contribution < -0.4 is 0 Å². The lowest BCUT2D eigenvalue weighted by atomic mass is 10.1. The van der Waals surface area contributed by atoms with Crippen molar-refractivity contribution in [2.24, 2.45) is 0 Å². The summed E-state index contributed by atoms with van der Waals surface area (Å²) < 4.78 is 5.52. The molecule has 136 valence electrons. The Morgan fingerprint density at radius 3 is 2.50 bits per heavy atom. The summed E-state index contributed by atoms with van der Waals surface area (Å²) in [6.45, 7) is 2.19. The fraction of sp³-hybridized carbons (Fsp3) is 0.650. The fourth-order valence-corrected chi connectivity index (χ4v) is 2.55. The number of rotatable bonds is 14. The van der Waals surface area contributed by atoms with Crippen molar-refractivity contribution in [1.82, 2.24) is 0 Å². The number of ether oxygens (including phenoxy) is 1. The van der Waals surface area contributed by atoms with Gasteiger partial charge in [-0.3, -0.25) is 4.79 Å². The molecule has 1 aliphatic heterocycles. The standard InChI is InChI=1S/C20H32O4/c1-2-3-11-15-18-20(24-18)17(21)14-12-9-7-5-4-6-8-10-13-16-19(22)23/h5-8,12,14,17-18,20-21H,2-4,9-11,13,15-16H2,1H3,(H,22,23)/b7-5-,8-6-,14-12-/t17?,18-,20+/m0/s1. The Kier molecular flexibility index (Phi) is 11.2. The van der Waals surface area contributed by atoms with E-state index in [0.29, 0.717) is 6.42 Å². The van der Waals surface area contributed by atoms with Gasteiger partial charge < -0.3 is 14.9 Å². The van der Waals surface area contributed by atoms with Gasteiger partial charge in [0.25, 0.3) is 0 Å². The third-order valence-corrected chi connectivity index (χ3v) is 4.02. The van der Waals surface area contributed by atoms with E-state index in [1.54, 1.807) is 0 Å². The van der Waals surface area contributed by atoms with E-state index >= 15 is 0 Å². The monoisotopic (exact) mass is 336 g/mol. The highest BCUT2D eigenvalue weighted by Gasteiger charge is 2.42. The number of allylic oxidation sites excluding steroid dienone is 5. The van der Waals surface area contributed by atoms with Gasteiger partial charge in [-0.05, 0) is 32.1 Å². The highest BCUT2D eigenvalue weighted by atomic mass is 16.6. The predicted molar refractivity (Wildman–Crippen MR) is 97.0 cm³/mol. The molecule has 1 aliphatic rings. The van der Waals surface area contributed by atoms with Crippen LogP contribution in [0.4, 0.5) is 0 Å². The maximum Gasteiger partial charge on any atom is 0.303 e. The lowest BCUT2D eigenvalue weighted by Crippen LogP contribution is -2.13. The molecule has 0 aromatic carbocycles. The number of aliphatic carboxylic acids is 1. The van der Waals surface area contributed by atoms with Crippen LogP contribution in [0, 0.1) is 0 Å². The highest BCUT2D eigenvalue weighted by molar-refractivity contribution is 5.66. The molecule has 0 radical (unpaired) electrons. The molecule has 0 aliphatic carbocycles. The van der Waals surface area contributed by atoms with Crippen molar-refractivity contribution in [3.05, 3.63) is 36.5 Å². The quantitative estimate of drug-likeness (QED) is 0.280. The van der Waals surface area contributed by atoms with Gasteiger partial charge in [0.1, 0.15) is 12.2 Å². The van der Waals surface area contributed by atoms with Crippen LogP contribution in [0.1, 0.15) is 64.7 Å². The number of carboxylic acid groups (broad SMARTS) is 1. The van der Waals surface area contributed by atoms with Gasteiger partial charge in [-0.2, -0.15) is 0 Å². The summed E-state index contributed by atoms with van der Waals surface area (Å²) in [6, 6.07) is 0. The molecular formula is C20H32O4. The Morgan fingerprint density at radius 2 is 1.79 bits per heavy atom. The molecule has 0 amide bonds. The molecule has 0 saturated carbocycles. The summed E-state index contributed by atoms with van der Waals surface area (Å²) in [7, 11) is 0. The summed E-state index contributed by atoms with van der Waals surface area (Å²) in [5, 5.41) is 18.5. The number of hydrogen-bond donors (Lipinski definition) is 2. The topological polar surface area (TPSA) is 70.1 Å². The molecule has 1 unspecified atom stereocenters. The van der Waals surface area contributed by atoms with Crippen LogP contribution in [-0.4, -0.2) is 34.5 Å². The summed E-state index contributed by atoms with van der Waals surface area (Å²) in [5.41, 5.74) is 0. The van der Waals surface area contributed by atoms with Crippen molar-refractivity contribution in [1.29, 1.82) is 0 Å². The average Bonchev–Trinajstić information content (AvgIpc) is 3.32. The van der Waals surface area contributed by atoms with E-state index in [1.165, 1.54) is 19.3 Å². The molecule has 1 saturated heterocycles. The van der Waals surface area contributed by atoms with Crippen LogP contribution in [0.3, 0.4) is 0 Å². The van der Waals surface area contributed by atoms with E-state index in [2.05, 4.69) is 25.2 Å². The first kappa shape index (κ1) is 20.7. The van der Waals surface area contributed by atoms with Gasteiger partial charge in [0.2, 0.25) is 0 Å². The zero-order chi connectivity index (χ0) is 17.6. The number of carbonyl (C=O) groups is 1. The molecule has 4 nitrogen and oxygen atoms in total. The van der Waals surface area contributed by atoms with Gasteiger partial charge in [0, 0.05) is 6.42 Å². The van der Waals surface area contributed by atoms with Crippen molar-refractivity contribution < 1.29 is 19.7 Å². The van der Waals surface area contributed by atoms with Crippen LogP contribution in [0.15, 0.2) is 36.5 Å². The third-order valence-electron chi connectivity index (χ3n) is 4.02. The number of aliphatic hydroxyl groups excluding tert-OH is 1. The third kappa shape index (κ3) is 10.4. The van der Waals surface area contributed by atoms with Gasteiger partial charge in [-0.25, -0.2) is 0 Å². The van der Waals surface area contributed by atoms with Gasteiger partial charge in [0.15, 0.2) is 0 Å². The number of aliphatic hydroxyl groups is 1. The second-order valence-corrected chi connectivity index (χ2v) is 6.25. The van der Waals surface area contributed by atoms with Crippen LogP contribution >= 0.6 is 0 Å². The van der Waals surface area contributed by atoms with Crippen LogP contribution in [-0.2, 0) is 9.53 Å². The zero-order valence-corrected chi connectivity index (χ0v) is 14.8. The smallest absolute Gasteiger partial charge is 0.303 e. The maximum absolute atomic E-state index is 10.3. The van der Waals surface area contributed by atoms with E-state index in [-0.39, 0.29) is 18.6 Å². The molecule has 0 aromatic rings. The summed E-state index contributed by atoms with van der Waals surface area (Å²) >= 11 is 0. The fourth-order valence-electron chi connectivity index (χ4n) is 2.55. The molecule has 1 fully saturated rings. The molecule has 0 spiro atoms. The minimum absolute atomic E-state index is 0.00387. The maximum atomic E-state index is 10.3. The molecule has 1 rings (SSSR count). The first-order chi connectivity index (χ1) is 11.6. The normalized spacial score (nSPS) is 21.9. The van der Waals surface area contributed by atoms with Gasteiger partial charge >= 0.3 is 5.97 Å². The van der Waals surface area contributed by atoms with Crippen LogP contribution in [0.5, 0.6) is 0 Å². The zero-order valence-electron chi connectivity index (χ0n) is 14.8. The van der Waals surface area contributed by atoms with E-state index in [9.17, 15) is 9.90 Å². The number of hydrogen-bond acceptors (Lipinski definition) is 3. The van der Waals surface area contributed by atoms with Crippen molar-refractivity contribution in [3.8, 4) is 0 Å². The van der Waals surface area contributed by atoms with Gasteiger partial charge in [-0.15, -0.1) is 0 Å². The molecule has 3 atom stereocenters. The first-order valence-corrected chi connectivity index (χ1v) is 9.17. The Bertz CT molecular complexity index is 425. The lowest BCUT2D eigenvalue weighted by Gasteiger charge is -2.00. The molecule has 4 heteroatoms. The van der Waals surface area contributed by atoms with E-state index in [4.69, 9.17) is 9.84 Å². The van der Waals surface area contributed by atoms with Crippen molar-refractivity contribution in [3.63, 3.8) is 0 Å². The minimum Gasteiger partial charge on any atom is -0.481 e. The molecule has 1 heterocycles. The van der Waals surface area contributed by atoms with Crippen LogP contribution in [0.25, 0.3) is 0 Å². The first-order valence-electron chi connectivity index (χ1n) is 9.17. The Morgan fingerprint density at radius 1 is 1.08 bits per heavy atom. The van der Waals surface area contributed by atoms with Gasteiger partial charge in [-0.1, -0.05) is 62.6 Å². The summed E-state index contributed by atoms with van der Waals surface area (Å²) in [5.74, 6) is -0.735. The second kappa shape index (κ2) is 13.0. The highest BCUT2D eigenvalue weighted by Crippen LogP contribution is 2.30. The van der Waals surface area contributed by atoms with E-state index in [1.807, 2.05) is 18.2 Å². The number of carboxylic acids is 1. The molecule has 0 bridgehead atoms. The summed E-state index contributed by atoms with van der Waals surface area (Å²) in [4.78, 5) is 10.3. The second-order valence-electron chi connectivity index (χ2n) is 6.25. The SMILES string of the molecule is CCCCC[C@@H]1O[C@@H]1C(O)/C=C\C/C=C\C/C=C\CCCC(=O)O. The molecule has 2 N–H and O–H groups in total. The minimum atomic E-state index is -0.735. The lowest BCUT2D eigenvalue weighted by molar-refractivity contribution is -0.137. The largest absolute Gasteiger partial charge is 0.481 e. The molecule has 24 heavy (non-hydrogen) atoms. The van der Waals surface area contributed by atoms with Crippen molar-refractivity contribution in [2.75, 3.05) is 0 Å². The Balaban J connectivity index is 2.00.